The zero-order valence-corrected chi connectivity index (χ0v) is 13.1. The third-order valence-electron chi connectivity index (χ3n) is 3.04. The maximum Gasteiger partial charge on any atom is 0.270 e. The van der Waals surface area contributed by atoms with Crippen molar-refractivity contribution in [1.29, 1.82) is 0 Å². The molecule has 0 amide bonds. The highest BCUT2D eigenvalue weighted by atomic mass is 32.2. The Balaban J connectivity index is 2.31. The van der Waals surface area contributed by atoms with Crippen LogP contribution in [0.3, 0.4) is 0 Å². The molecule has 22 heavy (non-hydrogen) atoms. The Bertz CT molecular complexity index is 803. The number of nitrogens with zero attached hydrogens (tertiary/aromatic N) is 2. The summed E-state index contributed by atoms with van der Waals surface area (Å²) in [5, 5.41) is 14.5. The zero-order chi connectivity index (χ0) is 16.5. The van der Waals surface area contributed by atoms with E-state index in [2.05, 4.69) is 9.88 Å². The number of nitro benzene ring substituents is 1. The summed E-state index contributed by atoms with van der Waals surface area (Å²) < 4.78 is 32.1. The Morgan fingerprint density at radius 3 is 2.27 bits per heavy atom. The molecule has 0 bridgehead atoms. The van der Waals surface area contributed by atoms with Crippen LogP contribution in [0, 0.1) is 30.9 Å². The fourth-order valence-electron chi connectivity index (χ4n) is 2.20. The van der Waals surface area contributed by atoms with Crippen molar-refractivity contribution in [2.24, 2.45) is 0 Å². The molecule has 0 radical (unpaired) electrons. The third kappa shape index (κ3) is 3.31. The molecule has 1 aromatic heterocycles. The molecule has 0 aliphatic rings. The maximum atomic E-state index is 12.4. The highest BCUT2D eigenvalue weighted by Gasteiger charge is 2.22. The van der Waals surface area contributed by atoms with E-state index in [-0.39, 0.29) is 17.1 Å². The Kier molecular flexibility index (Phi) is 4.29. The maximum absolute atomic E-state index is 12.4. The number of aryl methyl sites for hydroxylation is 3. The lowest BCUT2D eigenvalue weighted by molar-refractivity contribution is -0.385. The Labute approximate surface area is 127 Å². The molecule has 0 saturated carbocycles. The number of benzene rings is 1. The van der Waals surface area contributed by atoms with E-state index in [1.54, 1.807) is 13.0 Å². The van der Waals surface area contributed by atoms with Crippen molar-refractivity contribution < 1.29 is 17.9 Å². The molecule has 0 unspecified atom stereocenters. The number of rotatable bonds is 5. The third-order valence-corrected chi connectivity index (χ3v) is 4.75. The van der Waals surface area contributed by atoms with E-state index >= 15 is 0 Å². The number of sulfonamides is 1. The van der Waals surface area contributed by atoms with Gasteiger partial charge in [-0.15, -0.1) is 0 Å². The summed E-state index contributed by atoms with van der Waals surface area (Å²) >= 11 is 0. The molecule has 0 aliphatic carbocycles. The van der Waals surface area contributed by atoms with Gasteiger partial charge in [-0.3, -0.25) is 10.1 Å². The summed E-state index contributed by atoms with van der Waals surface area (Å²) in [6, 6.07) is 4.10. The molecule has 9 heteroatoms. The van der Waals surface area contributed by atoms with Gasteiger partial charge in [0.15, 0.2) is 0 Å². The molecule has 0 fully saturated rings. The molecule has 8 nitrogen and oxygen atoms in total. The van der Waals surface area contributed by atoms with Crippen LogP contribution < -0.4 is 4.72 Å². The second-order valence-electron chi connectivity index (χ2n) is 4.92. The number of non-ortho nitro benzene ring substituents is 1. The van der Waals surface area contributed by atoms with Crippen LogP contribution in [0.15, 0.2) is 27.6 Å². The highest BCUT2D eigenvalue weighted by Crippen LogP contribution is 2.25. The van der Waals surface area contributed by atoms with E-state index in [4.69, 9.17) is 4.52 Å². The Hall–Kier alpha value is -2.26. The minimum atomic E-state index is -3.81. The average Bonchev–Trinajstić information content (AvgIpc) is 2.81. The van der Waals surface area contributed by atoms with Crippen molar-refractivity contribution in [3.05, 3.63) is 50.9 Å². The fourth-order valence-corrected chi connectivity index (χ4v) is 3.65. The first kappa shape index (κ1) is 16.1. The monoisotopic (exact) mass is 325 g/mol. The van der Waals surface area contributed by atoms with Crippen LogP contribution in [0.25, 0.3) is 0 Å². The molecular formula is C13H15N3O5S. The lowest BCUT2D eigenvalue weighted by Gasteiger charge is -2.11. The van der Waals surface area contributed by atoms with Crippen LogP contribution in [0.2, 0.25) is 0 Å². The number of aromatic nitrogens is 1. The topological polar surface area (TPSA) is 115 Å². The van der Waals surface area contributed by atoms with Gasteiger partial charge in [-0.25, -0.2) is 13.1 Å². The second-order valence-corrected chi connectivity index (χ2v) is 6.62. The van der Waals surface area contributed by atoms with E-state index in [1.165, 1.54) is 26.0 Å². The number of hydrogen-bond acceptors (Lipinski definition) is 6. The Morgan fingerprint density at radius 1 is 1.23 bits per heavy atom. The zero-order valence-electron chi connectivity index (χ0n) is 12.3. The quantitative estimate of drug-likeness (QED) is 0.664. The summed E-state index contributed by atoms with van der Waals surface area (Å²) in [6.07, 6.45) is 0. The summed E-state index contributed by atoms with van der Waals surface area (Å²) in [4.78, 5) is 10.3. The molecule has 1 aromatic carbocycles. The van der Waals surface area contributed by atoms with Gasteiger partial charge < -0.3 is 4.52 Å². The predicted octanol–water partition coefficient (Wildman–Crippen LogP) is 1.99. The molecule has 0 saturated heterocycles. The predicted molar refractivity (Wildman–Crippen MR) is 77.8 cm³/mol. The van der Waals surface area contributed by atoms with Crippen molar-refractivity contribution in [1.82, 2.24) is 9.88 Å². The van der Waals surface area contributed by atoms with Gasteiger partial charge in [-0.05, 0) is 31.9 Å². The highest BCUT2D eigenvalue weighted by molar-refractivity contribution is 7.89. The molecule has 0 atom stereocenters. The number of nitro groups is 1. The molecular weight excluding hydrogens is 310 g/mol. The van der Waals surface area contributed by atoms with E-state index < -0.39 is 14.9 Å². The van der Waals surface area contributed by atoms with Crippen LogP contribution in [0.1, 0.15) is 22.6 Å². The van der Waals surface area contributed by atoms with Crippen molar-refractivity contribution in [3.8, 4) is 0 Å². The molecule has 118 valence electrons. The summed E-state index contributed by atoms with van der Waals surface area (Å²) in [5.74, 6) is 0.580. The summed E-state index contributed by atoms with van der Waals surface area (Å²) in [7, 11) is -3.81. The minimum Gasteiger partial charge on any atom is -0.361 e. The SMILES string of the molecule is Cc1cc(CNS(=O)(=O)c2c(C)cc([N+](=O)[O-])cc2C)no1. The van der Waals surface area contributed by atoms with Crippen LogP contribution in [0.4, 0.5) is 5.69 Å². The first-order valence-corrected chi connectivity index (χ1v) is 7.86. The summed E-state index contributed by atoms with van der Waals surface area (Å²) in [6.45, 7) is 4.73. The first-order valence-electron chi connectivity index (χ1n) is 6.38. The van der Waals surface area contributed by atoms with E-state index in [1.807, 2.05) is 0 Å². The largest absolute Gasteiger partial charge is 0.361 e. The molecule has 2 aromatic rings. The van der Waals surface area contributed by atoms with Crippen molar-refractivity contribution in [2.45, 2.75) is 32.2 Å². The second kappa shape index (κ2) is 5.85. The first-order chi connectivity index (χ1) is 10.2. The van der Waals surface area contributed by atoms with E-state index in [9.17, 15) is 18.5 Å². The number of nitrogens with one attached hydrogen (secondary N) is 1. The van der Waals surface area contributed by atoms with Crippen LogP contribution in [-0.4, -0.2) is 18.5 Å². The van der Waals surface area contributed by atoms with Crippen molar-refractivity contribution in [3.63, 3.8) is 0 Å². The van der Waals surface area contributed by atoms with Gasteiger partial charge in [0.05, 0.1) is 22.1 Å². The lowest BCUT2D eigenvalue weighted by atomic mass is 10.1. The van der Waals surface area contributed by atoms with Crippen LogP contribution >= 0.6 is 0 Å². The van der Waals surface area contributed by atoms with E-state index in [0.717, 1.165) is 0 Å². The molecule has 0 spiro atoms. The molecule has 2 rings (SSSR count). The van der Waals surface area contributed by atoms with Gasteiger partial charge in [0.1, 0.15) is 5.76 Å². The minimum absolute atomic E-state index is 0.0183. The molecule has 1 heterocycles. The van der Waals surface area contributed by atoms with Gasteiger partial charge in [0.25, 0.3) is 5.69 Å². The fraction of sp³-hybridized carbons (Fsp3) is 0.308. The molecule has 0 aliphatic heterocycles. The van der Waals surface area contributed by atoms with E-state index in [0.29, 0.717) is 22.6 Å². The van der Waals surface area contributed by atoms with Gasteiger partial charge >= 0.3 is 0 Å². The van der Waals surface area contributed by atoms with Gasteiger partial charge in [0, 0.05) is 18.2 Å². The Morgan fingerprint density at radius 2 is 1.82 bits per heavy atom. The molecule has 1 N–H and O–H groups in total. The smallest absolute Gasteiger partial charge is 0.270 e. The average molecular weight is 325 g/mol. The summed E-state index contributed by atoms with van der Waals surface area (Å²) in [5.41, 5.74) is 0.949. The van der Waals surface area contributed by atoms with Gasteiger partial charge in [-0.2, -0.15) is 0 Å². The number of hydrogen-bond donors (Lipinski definition) is 1. The lowest BCUT2D eigenvalue weighted by Crippen LogP contribution is -2.25. The van der Waals surface area contributed by atoms with Crippen molar-refractivity contribution in [2.75, 3.05) is 0 Å². The van der Waals surface area contributed by atoms with Gasteiger partial charge in [-0.1, -0.05) is 5.16 Å². The van der Waals surface area contributed by atoms with Crippen molar-refractivity contribution >= 4 is 15.7 Å². The normalized spacial score (nSPS) is 11.6. The van der Waals surface area contributed by atoms with Gasteiger partial charge in [0.2, 0.25) is 10.0 Å². The van der Waals surface area contributed by atoms with Crippen LogP contribution in [-0.2, 0) is 16.6 Å². The van der Waals surface area contributed by atoms with Crippen LogP contribution in [0.5, 0.6) is 0 Å². The standard InChI is InChI=1S/C13H15N3O5S/c1-8-4-12(16(17)18)5-9(2)13(8)22(19,20)14-7-11-6-10(3)21-15-11/h4-6,14H,7H2,1-3H3.